The minimum absolute atomic E-state index is 0.0980. The topological polar surface area (TPSA) is 66.1 Å². The molecule has 6 heteroatoms. The highest BCUT2D eigenvalue weighted by Crippen LogP contribution is 2.30. The van der Waals surface area contributed by atoms with E-state index in [1.54, 1.807) is 16.4 Å². The number of H-pyrrole nitrogens is 1. The van der Waals surface area contributed by atoms with Crippen molar-refractivity contribution in [3.05, 3.63) is 59.9 Å². The molecule has 1 aliphatic rings. The Morgan fingerprint density at radius 2 is 1.92 bits per heavy atom. The summed E-state index contributed by atoms with van der Waals surface area (Å²) in [6.45, 7) is 3.10. The zero-order valence-corrected chi connectivity index (χ0v) is 15.7. The van der Waals surface area contributed by atoms with Crippen LogP contribution >= 0.6 is 0 Å². The van der Waals surface area contributed by atoms with Gasteiger partial charge >= 0.3 is 0 Å². The third-order valence-corrected chi connectivity index (χ3v) is 7.03. The largest absolute Gasteiger partial charge is 0.342 e. The summed E-state index contributed by atoms with van der Waals surface area (Å²) in [4.78, 5) is 8.41. The first kappa shape index (κ1) is 17.2. The number of aryl methyl sites for hydroxylation is 1. The molecule has 1 aliphatic heterocycles. The highest BCUT2D eigenvalue weighted by molar-refractivity contribution is 7.89. The Morgan fingerprint density at radius 1 is 1.15 bits per heavy atom. The second-order valence-electron chi connectivity index (χ2n) is 6.84. The summed E-state index contributed by atoms with van der Waals surface area (Å²) >= 11 is 0. The highest BCUT2D eigenvalue weighted by Gasteiger charge is 2.32. The van der Waals surface area contributed by atoms with Crippen LogP contribution in [0.2, 0.25) is 0 Å². The standard InChI is InChI=1S/C20H23N3O2S/c1-2-15-9-11-17(12-10-15)26(24,25)23-13-5-6-16(14-23)20-21-18-7-3-4-8-19(18)22-20/h3-4,7-12,16H,2,5-6,13-14H2,1H3,(H,21,22). The fourth-order valence-corrected chi connectivity index (χ4v) is 5.12. The summed E-state index contributed by atoms with van der Waals surface area (Å²) in [5.41, 5.74) is 3.07. The van der Waals surface area contributed by atoms with E-state index in [0.717, 1.165) is 41.7 Å². The third-order valence-electron chi connectivity index (χ3n) is 5.15. The van der Waals surface area contributed by atoms with Gasteiger partial charge in [0.25, 0.3) is 0 Å². The Balaban J connectivity index is 1.59. The van der Waals surface area contributed by atoms with Crippen LogP contribution in [-0.2, 0) is 16.4 Å². The van der Waals surface area contributed by atoms with Crippen LogP contribution in [0.15, 0.2) is 53.4 Å². The van der Waals surface area contributed by atoms with Crippen LogP contribution in [0.5, 0.6) is 0 Å². The molecule has 1 fully saturated rings. The SMILES string of the molecule is CCc1ccc(S(=O)(=O)N2CCCC(c3nc4ccccc4[nH]3)C2)cc1. The van der Waals surface area contributed by atoms with Crippen LogP contribution in [0.4, 0.5) is 0 Å². The molecule has 0 amide bonds. The van der Waals surface area contributed by atoms with Crippen molar-refractivity contribution >= 4 is 21.1 Å². The number of nitrogens with zero attached hydrogens (tertiary/aromatic N) is 2. The van der Waals surface area contributed by atoms with Crippen molar-refractivity contribution in [1.29, 1.82) is 0 Å². The maximum Gasteiger partial charge on any atom is 0.243 e. The van der Waals surface area contributed by atoms with Gasteiger partial charge in [0, 0.05) is 19.0 Å². The highest BCUT2D eigenvalue weighted by atomic mass is 32.2. The number of nitrogens with one attached hydrogen (secondary N) is 1. The Hall–Kier alpha value is -2.18. The number of hydrogen-bond acceptors (Lipinski definition) is 3. The number of para-hydroxylation sites is 2. The van der Waals surface area contributed by atoms with Gasteiger partial charge in [-0.05, 0) is 49.1 Å². The van der Waals surface area contributed by atoms with E-state index in [1.807, 2.05) is 36.4 Å². The number of fused-ring (bicyclic) bond motifs is 1. The van der Waals surface area contributed by atoms with Crippen molar-refractivity contribution in [2.45, 2.75) is 37.0 Å². The van der Waals surface area contributed by atoms with Crippen molar-refractivity contribution in [2.24, 2.45) is 0 Å². The maximum atomic E-state index is 13.0. The van der Waals surface area contributed by atoms with Crippen LogP contribution in [0.3, 0.4) is 0 Å². The van der Waals surface area contributed by atoms with Gasteiger partial charge in [0.1, 0.15) is 5.82 Å². The monoisotopic (exact) mass is 369 g/mol. The predicted octanol–water partition coefficient (Wildman–Crippen LogP) is 3.69. The smallest absolute Gasteiger partial charge is 0.243 e. The molecule has 1 N–H and O–H groups in total. The predicted molar refractivity (Wildman–Crippen MR) is 103 cm³/mol. The molecule has 2 aromatic carbocycles. The van der Waals surface area contributed by atoms with E-state index < -0.39 is 10.0 Å². The molecule has 0 spiro atoms. The zero-order chi connectivity index (χ0) is 18.1. The molecule has 5 nitrogen and oxygen atoms in total. The summed E-state index contributed by atoms with van der Waals surface area (Å²) in [7, 11) is -3.47. The number of hydrogen-bond donors (Lipinski definition) is 1. The van der Waals surface area contributed by atoms with Gasteiger partial charge in [-0.1, -0.05) is 31.2 Å². The van der Waals surface area contributed by atoms with E-state index in [9.17, 15) is 8.42 Å². The third kappa shape index (κ3) is 3.15. The Kier molecular flexibility index (Phi) is 4.54. The van der Waals surface area contributed by atoms with Gasteiger partial charge in [-0.25, -0.2) is 13.4 Å². The summed E-state index contributed by atoms with van der Waals surface area (Å²) < 4.78 is 27.7. The Morgan fingerprint density at radius 3 is 2.65 bits per heavy atom. The fraction of sp³-hybridized carbons (Fsp3) is 0.350. The average Bonchev–Trinajstić information content (AvgIpc) is 3.12. The summed E-state index contributed by atoms with van der Waals surface area (Å²) in [5, 5.41) is 0. The van der Waals surface area contributed by atoms with E-state index >= 15 is 0 Å². The van der Waals surface area contributed by atoms with Crippen molar-refractivity contribution in [3.8, 4) is 0 Å². The first-order chi connectivity index (χ1) is 12.6. The Labute approximate surface area is 154 Å². The number of imidazole rings is 1. The maximum absolute atomic E-state index is 13.0. The molecule has 1 unspecified atom stereocenters. The molecule has 3 aromatic rings. The second kappa shape index (κ2) is 6.85. The molecule has 0 aliphatic carbocycles. The van der Waals surface area contributed by atoms with Gasteiger partial charge in [-0.15, -0.1) is 0 Å². The fourth-order valence-electron chi connectivity index (χ4n) is 3.60. The first-order valence-electron chi connectivity index (χ1n) is 9.11. The number of aromatic amines is 1. The molecule has 0 radical (unpaired) electrons. The number of piperidine rings is 1. The first-order valence-corrected chi connectivity index (χ1v) is 10.6. The number of benzene rings is 2. The molecule has 1 atom stereocenters. The van der Waals surface area contributed by atoms with E-state index in [1.165, 1.54) is 0 Å². The molecule has 2 heterocycles. The molecule has 4 rings (SSSR count). The van der Waals surface area contributed by atoms with E-state index in [-0.39, 0.29) is 5.92 Å². The molecule has 0 bridgehead atoms. The normalized spacial score (nSPS) is 19.0. The molecular formula is C20H23N3O2S. The molecule has 0 saturated carbocycles. The van der Waals surface area contributed by atoms with Crippen molar-refractivity contribution in [2.75, 3.05) is 13.1 Å². The van der Waals surface area contributed by atoms with Crippen LogP contribution in [0, 0.1) is 0 Å². The van der Waals surface area contributed by atoms with Gasteiger partial charge in [-0.3, -0.25) is 0 Å². The lowest BCUT2D eigenvalue weighted by Gasteiger charge is -2.31. The van der Waals surface area contributed by atoms with Crippen LogP contribution in [-0.4, -0.2) is 35.8 Å². The van der Waals surface area contributed by atoms with E-state index in [4.69, 9.17) is 0 Å². The van der Waals surface area contributed by atoms with Crippen LogP contribution in [0.1, 0.15) is 37.1 Å². The molecule has 1 saturated heterocycles. The number of rotatable bonds is 4. The summed E-state index contributed by atoms with van der Waals surface area (Å²) in [5.74, 6) is 0.980. The summed E-state index contributed by atoms with van der Waals surface area (Å²) in [6.07, 6.45) is 2.69. The van der Waals surface area contributed by atoms with Crippen LogP contribution in [0.25, 0.3) is 11.0 Å². The minimum atomic E-state index is -3.47. The van der Waals surface area contributed by atoms with Crippen molar-refractivity contribution in [1.82, 2.24) is 14.3 Å². The quantitative estimate of drug-likeness (QED) is 0.763. The number of aromatic nitrogens is 2. The lowest BCUT2D eigenvalue weighted by Crippen LogP contribution is -2.39. The van der Waals surface area contributed by atoms with E-state index in [0.29, 0.717) is 18.0 Å². The van der Waals surface area contributed by atoms with Gasteiger partial charge in [-0.2, -0.15) is 4.31 Å². The van der Waals surface area contributed by atoms with Gasteiger partial charge in [0.15, 0.2) is 0 Å². The molecule has 136 valence electrons. The lowest BCUT2D eigenvalue weighted by molar-refractivity contribution is 0.310. The molecule has 26 heavy (non-hydrogen) atoms. The average molecular weight is 369 g/mol. The van der Waals surface area contributed by atoms with Crippen molar-refractivity contribution in [3.63, 3.8) is 0 Å². The number of sulfonamides is 1. The molecule has 1 aromatic heterocycles. The van der Waals surface area contributed by atoms with Crippen LogP contribution < -0.4 is 0 Å². The van der Waals surface area contributed by atoms with Crippen molar-refractivity contribution < 1.29 is 8.42 Å². The zero-order valence-electron chi connectivity index (χ0n) is 14.9. The second-order valence-corrected chi connectivity index (χ2v) is 8.78. The van der Waals surface area contributed by atoms with Gasteiger partial charge < -0.3 is 4.98 Å². The summed E-state index contributed by atoms with van der Waals surface area (Å²) in [6, 6.07) is 15.1. The van der Waals surface area contributed by atoms with Gasteiger partial charge in [0.2, 0.25) is 10.0 Å². The lowest BCUT2D eigenvalue weighted by atomic mass is 9.99. The van der Waals surface area contributed by atoms with E-state index in [2.05, 4.69) is 16.9 Å². The van der Waals surface area contributed by atoms with Gasteiger partial charge in [0.05, 0.1) is 15.9 Å². The Bertz CT molecular complexity index is 976. The molecular weight excluding hydrogens is 346 g/mol. The minimum Gasteiger partial charge on any atom is -0.342 e.